The topological polar surface area (TPSA) is 12.0 Å². The van der Waals surface area contributed by atoms with Crippen molar-refractivity contribution in [1.29, 1.82) is 0 Å². The lowest BCUT2D eigenvalue weighted by atomic mass is 9.91. The molecule has 16 heavy (non-hydrogen) atoms. The van der Waals surface area contributed by atoms with E-state index in [-0.39, 0.29) is 0 Å². The van der Waals surface area contributed by atoms with Crippen molar-refractivity contribution in [1.82, 2.24) is 5.32 Å². The van der Waals surface area contributed by atoms with E-state index in [1.807, 2.05) is 11.8 Å². The van der Waals surface area contributed by atoms with E-state index in [1.165, 1.54) is 38.6 Å². The highest BCUT2D eigenvalue weighted by atomic mass is 32.2. The molecule has 1 nitrogen and oxygen atoms in total. The Balaban J connectivity index is 2.39. The Bertz CT molecular complexity index is 201. The molecule has 0 aromatic rings. The van der Waals surface area contributed by atoms with Crippen molar-refractivity contribution in [3.05, 3.63) is 0 Å². The third kappa shape index (κ3) is 3.66. The van der Waals surface area contributed by atoms with Gasteiger partial charge in [-0.25, -0.2) is 0 Å². The van der Waals surface area contributed by atoms with Crippen LogP contribution in [0.2, 0.25) is 0 Å². The number of thioether (sulfide) groups is 1. The molecule has 1 rings (SSSR count). The minimum Gasteiger partial charge on any atom is -0.313 e. The molecule has 1 fully saturated rings. The summed E-state index contributed by atoms with van der Waals surface area (Å²) < 4.78 is 0.465. The van der Waals surface area contributed by atoms with Crippen LogP contribution in [0.4, 0.5) is 0 Å². The van der Waals surface area contributed by atoms with Gasteiger partial charge < -0.3 is 5.32 Å². The molecule has 0 amide bonds. The summed E-state index contributed by atoms with van der Waals surface area (Å²) in [6, 6.07) is 0.764. The average molecular weight is 243 g/mol. The Morgan fingerprint density at radius 2 is 1.94 bits per heavy atom. The Morgan fingerprint density at radius 3 is 2.31 bits per heavy atom. The zero-order valence-corrected chi connectivity index (χ0v) is 12.5. The largest absolute Gasteiger partial charge is 0.313 e. The summed E-state index contributed by atoms with van der Waals surface area (Å²) in [5, 5.41) is 3.81. The monoisotopic (exact) mass is 243 g/mol. The molecule has 1 saturated carbocycles. The van der Waals surface area contributed by atoms with E-state index in [4.69, 9.17) is 0 Å². The van der Waals surface area contributed by atoms with E-state index in [1.54, 1.807) is 0 Å². The van der Waals surface area contributed by atoms with Crippen molar-refractivity contribution >= 4 is 11.8 Å². The van der Waals surface area contributed by atoms with Crippen LogP contribution in [0.15, 0.2) is 0 Å². The van der Waals surface area contributed by atoms with Crippen molar-refractivity contribution in [2.45, 2.75) is 70.6 Å². The van der Waals surface area contributed by atoms with Gasteiger partial charge in [-0.3, -0.25) is 0 Å². The van der Waals surface area contributed by atoms with Crippen molar-refractivity contribution in [3.63, 3.8) is 0 Å². The molecule has 1 aliphatic carbocycles. The van der Waals surface area contributed by atoms with E-state index in [0.717, 1.165) is 6.04 Å². The van der Waals surface area contributed by atoms with Gasteiger partial charge in [-0.05, 0) is 43.8 Å². The van der Waals surface area contributed by atoms with Crippen molar-refractivity contribution in [2.24, 2.45) is 5.41 Å². The van der Waals surface area contributed by atoms with Gasteiger partial charge in [-0.15, -0.1) is 0 Å². The summed E-state index contributed by atoms with van der Waals surface area (Å²) in [4.78, 5) is 0. The van der Waals surface area contributed by atoms with Crippen LogP contribution in [0.25, 0.3) is 0 Å². The molecular formula is C14H29NS. The van der Waals surface area contributed by atoms with E-state index < -0.39 is 0 Å². The summed E-state index contributed by atoms with van der Waals surface area (Å²) in [6.07, 6.45) is 8.90. The lowest BCUT2D eigenvalue weighted by Gasteiger charge is -2.31. The van der Waals surface area contributed by atoms with Gasteiger partial charge in [0.1, 0.15) is 0 Å². The predicted molar refractivity (Wildman–Crippen MR) is 76.3 cm³/mol. The highest BCUT2D eigenvalue weighted by molar-refractivity contribution is 8.00. The van der Waals surface area contributed by atoms with E-state index in [2.05, 4.69) is 39.3 Å². The summed E-state index contributed by atoms with van der Waals surface area (Å²) in [6.45, 7) is 10.6. The van der Waals surface area contributed by atoms with Crippen LogP contribution in [0.3, 0.4) is 0 Å². The number of rotatable bonds is 6. The van der Waals surface area contributed by atoms with Crippen molar-refractivity contribution < 1.29 is 0 Å². The minimum atomic E-state index is 0.465. The van der Waals surface area contributed by atoms with E-state index in [9.17, 15) is 0 Å². The van der Waals surface area contributed by atoms with Gasteiger partial charge in [0.15, 0.2) is 0 Å². The molecule has 1 N–H and O–H groups in total. The van der Waals surface area contributed by atoms with Crippen molar-refractivity contribution in [2.75, 3.05) is 12.8 Å². The third-order valence-electron chi connectivity index (χ3n) is 4.40. The second-order valence-corrected chi connectivity index (χ2v) is 7.35. The predicted octanol–water partition coefficient (Wildman–Crippen LogP) is 4.08. The Hall–Kier alpha value is 0.310. The fourth-order valence-electron chi connectivity index (χ4n) is 2.80. The number of hydrogen-bond acceptors (Lipinski definition) is 2. The second-order valence-electron chi connectivity index (χ2n) is 6.08. The first-order chi connectivity index (χ1) is 7.47. The molecule has 0 bridgehead atoms. The van der Waals surface area contributed by atoms with Crippen LogP contribution >= 0.6 is 11.8 Å². The molecule has 1 aliphatic rings. The molecular weight excluding hydrogens is 214 g/mol. The average Bonchev–Trinajstić information content (AvgIpc) is 2.61. The third-order valence-corrected chi connectivity index (χ3v) is 5.99. The van der Waals surface area contributed by atoms with Gasteiger partial charge in [-0.1, -0.05) is 27.7 Å². The molecule has 1 unspecified atom stereocenters. The van der Waals surface area contributed by atoms with Gasteiger partial charge in [0.05, 0.1) is 0 Å². The zero-order valence-electron chi connectivity index (χ0n) is 11.7. The Kier molecular flexibility index (Phi) is 5.18. The van der Waals surface area contributed by atoms with Gasteiger partial charge >= 0.3 is 0 Å². The van der Waals surface area contributed by atoms with Gasteiger partial charge in [0, 0.05) is 17.3 Å². The molecule has 0 aromatic heterocycles. The van der Waals surface area contributed by atoms with E-state index in [0.29, 0.717) is 10.2 Å². The smallest absolute Gasteiger partial charge is 0.0276 e. The summed E-state index contributed by atoms with van der Waals surface area (Å²) in [5.41, 5.74) is 0.568. The lowest BCUT2D eigenvalue weighted by molar-refractivity contribution is 0.358. The second kappa shape index (κ2) is 5.77. The van der Waals surface area contributed by atoms with Crippen molar-refractivity contribution in [3.8, 4) is 0 Å². The molecule has 1 atom stereocenters. The maximum absolute atomic E-state index is 3.81. The standard InChI is InChI=1S/C14H29NS/c1-6-14(7-2,16-5)11-15-12-8-9-13(3,4)10-12/h12,15H,6-11H2,1-5H3. The van der Waals surface area contributed by atoms with Crippen LogP contribution in [0.5, 0.6) is 0 Å². The van der Waals surface area contributed by atoms with E-state index >= 15 is 0 Å². The Morgan fingerprint density at radius 1 is 1.31 bits per heavy atom. The molecule has 0 saturated heterocycles. The Labute approximate surface area is 106 Å². The normalized spacial score (nSPS) is 24.9. The first kappa shape index (κ1) is 14.4. The summed E-state index contributed by atoms with van der Waals surface area (Å²) in [7, 11) is 0. The summed E-state index contributed by atoms with van der Waals surface area (Å²) >= 11 is 2.04. The first-order valence-electron chi connectivity index (χ1n) is 6.75. The maximum atomic E-state index is 3.81. The fourth-order valence-corrected chi connectivity index (χ4v) is 3.61. The van der Waals surface area contributed by atoms with Crippen LogP contribution in [-0.4, -0.2) is 23.6 Å². The quantitative estimate of drug-likeness (QED) is 0.754. The highest BCUT2D eigenvalue weighted by Gasteiger charge is 2.32. The molecule has 0 aliphatic heterocycles. The molecule has 96 valence electrons. The molecule has 0 spiro atoms. The molecule has 2 heteroatoms. The van der Waals surface area contributed by atoms with Crippen LogP contribution in [-0.2, 0) is 0 Å². The van der Waals surface area contributed by atoms with Crippen LogP contribution < -0.4 is 5.32 Å². The highest BCUT2D eigenvalue weighted by Crippen LogP contribution is 2.37. The first-order valence-corrected chi connectivity index (χ1v) is 7.98. The minimum absolute atomic E-state index is 0.465. The fraction of sp³-hybridized carbons (Fsp3) is 1.00. The van der Waals surface area contributed by atoms with Gasteiger partial charge in [0.2, 0.25) is 0 Å². The lowest BCUT2D eigenvalue weighted by Crippen LogP contribution is -2.41. The van der Waals surface area contributed by atoms with Gasteiger partial charge in [-0.2, -0.15) is 11.8 Å². The van der Waals surface area contributed by atoms with Crippen LogP contribution in [0, 0.1) is 5.41 Å². The zero-order chi connectivity index (χ0) is 12.2. The van der Waals surface area contributed by atoms with Crippen LogP contribution in [0.1, 0.15) is 59.8 Å². The van der Waals surface area contributed by atoms with Gasteiger partial charge in [0.25, 0.3) is 0 Å². The SMILES string of the molecule is CCC(CC)(CNC1CCC(C)(C)C1)SC. The molecule has 0 aromatic carbocycles. The molecule has 0 radical (unpaired) electrons. The molecule has 0 heterocycles. The summed E-state index contributed by atoms with van der Waals surface area (Å²) in [5.74, 6) is 0. The number of nitrogens with one attached hydrogen (secondary N) is 1. The number of hydrogen-bond donors (Lipinski definition) is 1. The maximum Gasteiger partial charge on any atom is 0.0276 e.